The number of nitrogen functional groups attached to an aromatic ring is 1. The highest BCUT2D eigenvalue weighted by molar-refractivity contribution is 7.89. The number of sulfonamides is 1. The average molecular weight is 339 g/mol. The summed E-state index contributed by atoms with van der Waals surface area (Å²) in [6, 6.07) is 2.18. The largest absolute Gasteiger partial charge is 0.396 e. The Labute approximate surface area is 129 Å². The van der Waals surface area contributed by atoms with Gasteiger partial charge in [0.25, 0.3) is 0 Å². The predicted molar refractivity (Wildman–Crippen MR) is 81.3 cm³/mol. The monoisotopic (exact) mass is 338 g/mol. The van der Waals surface area contributed by atoms with Gasteiger partial charge in [0.05, 0.1) is 12.3 Å². The number of nitrogens with two attached hydrogens (primary N) is 1. The lowest BCUT2D eigenvalue weighted by Gasteiger charge is -2.10. The third-order valence-electron chi connectivity index (χ3n) is 2.70. The molecule has 0 heterocycles. The van der Waals surface area contributed by atoms with Gasteiger partial charge in [-0.25, -0.2) is 17.5 Å². The van der Waals surface area contributed by atoms with E-state index in [1.54, 1.807) is 0 Å². The van der Waals surface area contributed by atoms with Gasteiger partial charge in [0.1, 0.15) is 4.90 Å². The summed E-state index contributed by atoms with van der Waals surface area (Å²) in [7, 11) is -4.01. The van der Waals surface area contributed by atoms with Crippen LogP contribution >= 0.6 is 11.6 Å². The minimum absolute atomic E-state index is 0.0479. The van der Waals surface area contributed by atoms with Crippen molar-refractivity contribution in [3.05, 3.63) is 23.0 Å². The van der Waals surface area contributed by atoms with Crippen LogP contribution in [0.15, 0.2) is 17.0 Å². The summed E-state index contributed by atoms with van der Waals surface area (Å²) < 4.78 is 45.3. The zero-order chi connectivity index (χ0) is 16.0. The number of hydrogen-bond donors (Lipinski definition) is 2. The van der Waals surface area contributed by atoms with Gasteiger partial charge >= 0.3 is 0 Å². The van der Waals surface area contributed by atoms with Crippen LogP contribution in [0.2, 0.25) is 5.02 Å². The number of benzene rings is 1. The van der Waals surface area contributed by atoms with Crippen molar-refractivity contribution in [2.45, 2.75) is 25.2 Å². The standard InChI is InChI=1S/C13H20ClFN2O3S/c1-9(2)3-5-20-6-4-17-21(18,19)12-8-10(14)7-11(16)13(12)15/h7-9,17H,3-6,16H2,1-2H3. The number of hydrogen-bond acceptors (Lipinski definition) is 4. The van der Waals surface area contributed by atoms with Gasteiger partial charge in [-0.15, -0.1) is 0 Å². The van der Waals surface area contributed by atoms with E-state index in [2.05, 4.69) is 18.6 Å². The molecule has 0 amide bonds. The van der Waals surface area contributed by atoms with E-state index >= 15 is 0 Å². The number of ether oxygens (including phenoxy) is 1. The van der Waals surface area contributed by atoms with Gasteiger partial charge in [-0.1, -0.05) is 25.4 Å². The molecule has 0 aliphatic carbocycles. The van der Waals surface area contributed by atoms with Crippen molar-refractivity contribution < 1.29 is 17.5 Å². The summed E-state index contributed by atoms with van der Waals surface area (Å²) in [5.41, 5.74) is 5.06. The zero-order valence-electron chi connectivity index (χ0n) is 12.0. The molecule has 120 valence electrons. The Balaban J connectivity index is 2.59. The molecule has 0 spiro atoms. The summed E-state index contributed by atoms with van der Waals surface area (Å²) in [6.45, 7) is 4.95. The first-order valence-corrected chi connectivity index (χ1v) is 8.42. The molecular formula is C13H20ClFN2O3S. The van der Waals surface area contributed by atoms with E-state index in [4.69, 9.17) is 22.1 Å². The second-order valence-corrected chi connectivity index (χ2v) is 7.17. The minimum atomic E-state index is -4.01. The predicted octanol–water partition coefficient (Wildman–Crippen LogP) is 2.40. The molecule has 0 radical (unpaired) electrons. The Kier molecular flexibility index (Phi) is 6.86. The average Bonchev–Trinajstić information content (AvgIpc) is 2.37. The van der Waals surface area contributed by atoms with Crippen LogP contribution in [0.5, 0.6) is 0 Å². The Morgan fingerprint density at radius 3 is 2.67 bits per heavy atom. The summed E-state index contributed by atoms with van der Waals surface area (Å²) in [5.74, 6) is -0.488. The van der Waals surface area contributed by atoms with E-state index in [0.717, 1.165) is 18.6 Å². The van der Waals surface area contributed by atoms with Crippen LogP contribution in [-0.4, -0.2) is 28.2 Å². The third kappa shape index (κ3) is 5.78. The first-order chi connectivity index (χ1) is 9.74. The third-order valence-corrected chi connectivity index (χ3v) is 4.38. The highest BCUT2D eigenvalue weighted by atomic mass is 35.5. The van der Waals surface area contributed by atoms with E-state index in [9.17, 15) is 12.8 Å². The van der Waals surface area contributed by atoms with Crippen molar-refractivity contribution in [2.24, 2.45) is 5.92 Å². The fourth-order valence-corrected chi connectivity index (χ4v) is 2.96. The summed E-state index contributed by atoms with van der Waals surface area (Å²) >= 11 is 5.70. The van der Waals surface area contributed by atoms with Gasteiger partial charge in [-0.2, -0.15) is 0 Å². The van der Waals surface area contributed by atoms with Crippen molar-refractivity contribution in [3.8, 4) is 0 Å². The first-order valence-electron chi connectivity index (χ1n) is 6.56. The minimum Gasteiger partial charge on any atom is -0.396 e. The van der Waals surface area contributed by atoms with Crippen LogP contribution in [0.4, 0.5) is 10.1 Å². The second kappa shape index (κ2) is 7.93. The Morgan fingerprint density at radius 1 is 1.38 bits per heavy atom. The van der Waals surface area contributed by atoms with Gasteiger partial charge in [-0.3, -0.25) is 0 Å². The van der Waals surface area contributed by atoms with Gasteiger partial charge in [-0.05, 0) is 24.5 Å². The highest BCUT2D eigenvalue weighted by Crippen LogP contribution is 2.24. The molecule has 0 saturated carbocycles. The molecule has 0 unspecified atom stereocenters. The van der Waals surface area contributed by atoms with Gasteiger partial charge in [0.2, 0.25) is 10.0 Å². The van der Waals surface area contributed by atoms with Crippen LogP contribution < -0.4 is 10.5 Å². The lowest BCUT2D eigenvalue weighted by molar-refractivity contribution is 0.128. The molecule has 1 aromatic rings. The fourth-order valence-electron chi connectivity index (χ4n) is 1.53. The van der Waals surface area contributed by atoms with Gasteiger partial charge in [0, 0.05) is 18.2 Å². The van der Waals surface area contributed by atoms with Crippen LogP contribution in [0, 0.1) is 11.7 Å². The molecule has 0 aliphatic heterocycles. The molecule has 3 N–H and O–H groups in total. The molecule has 1 rings (SSSR count). The molecule has 5 nitrogen and oxygen atoms in total. The van der Waals surface area contributed by atoms with Crippen molar-refractivity contribution in [1.29, 1.82) is 0 Å². The molecule has 0 atom stereocenters. The Bertz CT molecular complexity index is 579. The van der Waals surface area contributed by atoms with Gasteiger partial charge in [0.15, 0.2) is 5.82 Å². The summed E-state index contributed by atoms with van der Waals surface area (Å²) in [6.07, 6.45) is 0.895. The van der Waals surface area contributed by atoms with Gasteiger partial charge < -0.3 is 10.5 Å². The molecule has 1 aromatic carbocycles. The van der Waals surface area contributed by atoms with E-state index in [-0.39, 0.29) is 23.9 Å². The van der Waals surface area contributed by atoms with Crippen LogP contribution in [0.1, 0.15) is 20.3 Å². The van der Waals surface area contributed by atoms with Crippen LogP contribution in [0.3, 0.4) is 0 Å². The molecule has 0 aliphatic rings. The van der Waals surface area contributed by atoms with E-state index in [1.165, 1.54) is 0 Å². The zero-order valence-corrected chi connectivity index (χ0v) is 13.6. The maximum Gasteiger partial charge on any atom is 0.243 e. The maximum atomic E-state index is 13.8. The lowest BCUT2D eigenvalue weighted by Crippen LogP contribution is -2.28. The van der Waals surface area contributed by atoms with E-state index in [0.29, 0.717) is 12.5 Å². The van der Waals surface area contributed by atoms with Crippen molar-refractivity contribution in [3.63, 3.8) is 0 Å². The summed E-state index contributed by atoms with van der Waals surface area (Å²) in [5, 5.41) is 0.0578. The first kappa shape index (κ1) is 18.2. The fraction of sp³-hybridized carbons (Fsp3) is 0.538. The van der Waals surface area contributed by atoms with E-state index < -0.39 is 20.7 Å². The van der Waals surface area contributed by atoms with Crippen molar-refractivity contribution in [2.75, 3.05) is 25.5 Å². The quantitative estimate of drug-likeness (QED) is 0.563. The lowest BCUT2D eigenvalue weighted by atomic mass is 10.1. The molecule has 0 fully saturated rings. The molecular weight excluding hydrogens is 319 g/mol. The highest BCUT2D eigenvalue weighted by Gasteiger charge is 2.21. The number of nitrogens with one attached hydrogen (secondary N) is 1. The van der Waals surface area contributed by atoms with E-state index in [1.807, 2.05) is 0 Å². The van der Waals surface area contributed by atoms with Crippen LogP contribution in [-0.2, 0) is 14.8 Å². The molecule has 0 aromatic heterocycles. The maximum absolute atomic E-state index is 13.8. The van der Waals surface area contributed by atoms with Crippen LogP contribution in [0.25, 0.3) is 0 Å². The molecule has 8 heteroatoms. The second-order valence-electron chi connectivity index (χ2n) is 5.00. The molecule has 21 heavy (non-hydrogen) atoms. The number of rotatable bonds is 8. The SMILES string of the molecule is CC(C)CCOCCNS(=O)(=O)c1cc(Cl)cc(N)c1F. The molecule has 0 bridgehead atoms. The molecule has 0 saturated heterocycles. The normalized spacial score (nSPS) is 12.0. The smallest absolute Gasteiger partial charge is 0.243 e. The number of anilines is 1. The summed E-state index contributed by atoms with van der Waals surface area (Å²) in [4.78, 5) is -0.560. The van der Waals surface area contributed by atoms with Crippen molar-refractivity contribution >= 4 is 27.3 Å². The Morgan fingerprint density at radius 2 is 2.05 bits per heavy atom. The Hall–Kier alpha value is -0.890. The number of halogens is 2. The van der Waals surface area contributed by atoms with Crippen molar-refractivity contribution in [1.82, 2.24) is 4.72 Å². The topological polar surface area (TPSA) is 81.4 Å².